The number of carbonyl (C=O) groups excluding carboxylic acids is 2. The first-order valence-corrected chi connectivity index (χ1v) is 9.77. The quantitative estimate of drug-likeness (QED) is 0.727. The second-order valence-electron chi connectivity index (χ2n) is 8.23. The zero-order valence-corrected chi connectivity index (χ0v) is 17.3. The fourth-order valence-corrected chi connectivity index (χ4v) is 4.95. The topological polar surface area (TPSA) is 141 Å². The Morgan fingerprint density at radius 1 is 1.10 bits per heavy atom. The number of hydrogen-bond acceptors (Lipinski definition) is 7. The summed E-state index contributed by atoms with van der Waals surface area (Å²) in [6.07, 6.45) is 1.21. The van der Waals surface area contributed by atoms with Crippen molar-refractivity contribution in [1.29, 1.82) is 10.5 Å². The van der Waals surface area contributed by atoms with Crippen LogP contribution in [0.5, 0.6) is 5.75 Å². The molecule has 2 bridgehead atoms. The summed E-state index contributed by atoms with van der Waals surface area (Å²) in [6.45, 7) is 3.91. The Balaban J connectivity index is 1.64. The summed E-state index contributed by atoms with van der Waals surface area (Å²) < 4.78 is 5.08. The third-order valence-electron chi connectivity index (χ3n) is 6.68. The molecule has 1 fully saturated rings. The van der Waals surface area contributed by atoms with Crippen molar-refractivity contribution >= 4 is 11.8 Å². The highest BCUT2D eigenvalue weighted by Gasteiger charge is 2.68. The Hall–Kier alpha value is -3.98. The van der Waals surface area contributed by atoms with Gasteiger partial charge in [0.1, 0.15) is 23.3 Å². The van der Waals surface area contributed by atoms with Gasteiger partial charge in [0.25, 0.3) is 11.8 Å². The average Bonchev–Trinajstić information content (AvgIpc) is 3.17. The van der Waals surface area contributed by atoms with Crippen LogP contribution >= 0.6 is 0 Å². The van der Waals surface area contributed by atoms with E-state index in [1.807, 2.05) is 26.0 Å². The van der Waals surface area contributed by atoms with E-state index in [2.05, 4.69) is 20.8 Å². The lowest BCUT2D eigenvalue weighted by molar-refractivity contribution is -0.130. The molecular formula is C22H20N6O3. The minimum absolute atomic E-state index is 0.0343. The van der Waals surface area contributed by atoms with Crippen LogP contribution in [-0.4, -0.2) is 28.9 Å². The lowest BCUT2D eigenvalue weighted by Gasteiger charge is -2.36. The first-order chi connectivity index (χ1) is 14.8. The van der Waals surface area contributed by atoms with E-state index in [-0.39, 0.29) is 17.3 Å². The first-order valence-electron chi connectivity index (χ1n) is 9.77. The van der Waals surface area contributed by atoms with Gasteiger partial charge in [-0.15, -0.1) is 0 Å². The zero-order valence-electron chi connectivity index (χ0n) is 17.3. The smallest absolute Gasteiger partial charge is 0.269 e. The molecular weight excluding hydrogens is 396 g/mol. The number of fused-ring (bicyclic) bond motifs is 5. The van der Waals surface area contributed by atoms with E-state index < -0.39 is 22.6 Å². The van der Waals surface area contributed by atoms with Gasteiger partial charge in [0, 0.05) is 11.5 Å². The third kappa shape index (κ3) is 2.74. The summed E-state index contributed by atoms with van der Waals surface area (Å²) in [5, 5.41) is 18.7. The molecule has 1 aromatic carbocycles. The highest BCUT2D eigenvalue weighted by molar-refractivity contribution is 5.97. The summed E-state index contributed by atoms with van der Waals surface area (Å²) in [6, 6.07) is 10.3. The molecule has 1 saturated carbocycles. The Kier molecular flexibility index (Phi) is 4.63. The van der Waals surface area contributed by atoms with E-state index in [0.717, 1.165) is 0 Å². The molecule has 2 N–H and O–H groups in total. The number of carbonyl (C=O) groups is 2. The van der Waals surface area contributed by atoms with Crippen molar-refractivity contribution in [3.63, 3.8) is 0 Å². The van der Waals surface area contributed by atoms with Crippen LogP contribution in [0.1, 0.15) is 65.7 Å². The van der Waals surface area contributed by atoms with Crippen molar-refractivity contribution in [2.24, 2.45) is 5.41 Å². The molecule has 1 aromatic heterocycles. The Labute approximate surface area is 179 Å². The molecule has 156 valence electrons. The van der Waals surface area contributed by atoms with Crippen molar-refractivity contribution in [2.75, 3.05) is 7.11 Å². The van der Waals surface area contributed by atoms with Gasteiger partial charge in [0.05, 0.1) is 18.5 Å². The van der Waals surface area contributed by atoms with E-state index in [9.17, 15) is 20.1 Å². The average molecular weight is 416 g/mol. The molecule has 0 saturated heterocycles. The number of methoxy groups -OCH3 is 1. The summed E-state index contributed by atoms with van der Waals surface area (Å²) in [7, 11) is 1.53. The minimum atomic E-state index is -1.06. The molecule has 2 aliphatic carbocycles. The van der Waals surface area contributed by atoms with Gasteiger partial charge in [-0.2, -0.15) is 10.5 Å². The number of amides is 2. The summed E-state index contributed by atoms with van der Waals surface area (Å²) in [4.78, 5) is 34.7. The fourth-order valence-electron chi connectivity index (χ4n) is 4.95. The van der Waals surface area contributed by atoms with Gasteiger partial charge >= 0.3 is 0 Å². The molecule has 9 heteroatoms. The van der Waals surface area contributed by atoms with Crippen LogP contribution in [0.2, 0.25) is 0 Å². The second kappa shape index (κ2) is 7.06. The lowest BCUT2D eigenvalue weighted by Crippen LogP contribution is -2.55. The van der Waals surface area contributed by atoms with Crippen LogP contribution in [0.3, 0.4) is 0 Å². The number of hydrogen-bond donors (Lipinski definition) is 2. The number of ether oxygens (including phenoxy) is 1. The molecule has 1 heterocycles. The van der Waals surface area contributed by atoms with Gasteiger partial charge in [-0.25, -0.2) is 9.97 Å². The zero-order chi connectivity index (χ0) is 22.4. The van der Waals surface area contributed by atoms with Crippen molar-refractivity contribution in [1.82, 2.24) is 20.8 Å². The Morgan fingerprint density at radius 2 is 1.74 bits per heavy atom. The molecule has 2 aromatic rings. The second-order valence-corrected chi connectivity index (χ2v) is 8.23. The van der Waals surface area contributed by atoms with Gasteiger partial charge in [-0.1, -0.05) is 13.8 Å². The van der Waals surface area contributed by atoms with Crippen LogP contribution in [-0.2, 0) is 10.2 Å². The number of benzene rings is 1. The van der Waals surface area contributed by atoms with E-state index in [0.29, 0.717) is 35.5 Å². The molecule has 4 rings (SSSR count). The maximum Gasteiger partial charge on any atom is 0.269 e. The van der Waals surface area contributed by atoms with Crippen LogP contribution in [0, 0.1) is 28.1 Å². The highest BCUT2D eigenvalue weighted by Crippen LogP contribution is 2.67. The van der Waals surface area contributed by atoms with Crippen LogP contribution < -0.4 is 15.6 Å². The van der Waals surface area contributed by atoms with E-state index in [4.69, 9.17) is 4.74 Å². The van der Waals surface area contributed by atoms with Crippen molar-refractivity contribution < 1.29 is 14.3 Å². The number of nitrogens with one attached hydrogen (secondary N) is 2. The molecule has 2 aliphatic rings. The van der Waals surface area contributed by atoms with E-state index in [1.54, 1.807) is 24.3 Å². The van der Waals surface area contributed by atoms with Gasteiger partial charge in [0.2, 0.25) is 0 Å². The SMILES string of the molecule is COc1ccc(C(=O)NNC(=O)C23CCC(c4nc(C#N)c(C#N)nc42)C3(C)C)cc1. The molecule has 0 aliphatic heterocycles. The van der Waals surface area contributed by atoms with Crippen LogP contribution in [0.25, 0.3) is 0 Å². The molecule has 9 nitrogen and oxygen atoms in total. The standard InChI is InChI=1S/C22H20N6O3/c1-21(2)14-8-9-22(21,18-17(14)25-15(10-23)16(11-24)26-18)20(30)28-27-19(29)12-4-6-13(31-3)7-5-12/h4-7,14H,8-9H2,1-3H3,(H,27,29)(H,28,30). The number of rotatable bonds is 3. The maximum atomic E-state index is 13.4. The largest absolute Gasteiger partial charge is 0.497 e. The summed E-state index contributed by atoms with van der Waals surface area (Å²) >= 11 is 0. The monoisotopic (exact) mass is 416 g/mol. The minimum Gasteiger partial charge on any atom is -0.497 e. The summed E-state index contributed by atoms with van der Waals surface area (Å²) in [5.74, 6) is -0.340. The highest BCUT2D eigenvalue weighted by atomic mass is 16.5. The predicted octanol–water partition coefficient (Wildman–Crippen LogP) is 1.84. The van der Waals surface area contributed by atoms with E-state index in [1.165, 1.54) is 7.11 Å². The van der Waals surface area contributed by atoms with Gasteiger partial charge in [-0.3, -0.25) is 20.4 Å². The molecule has 2 amide bonds. The van der Waals surface area contributed by atoms with Crippen molar-refractivity contribution in [2.45, 2.75) is 38.0 Å². The first kappa shape index (κ1) is 20.3. The molecule has 0 radical (unpaired) electrons. The number of nitrogens with zero attached hydrogens (tertiary/aromatic N) is 4. The van der Waals surface area contributed by atoms with Gasteiger partial charge < -0.3 is 4.74 Å². The predicted molar refractivity (Wildman–Crippen MR) is 107 cm³/mol. The normalized spacial score (nSPS) is 22.0. The molecule has 31 heavy (non-hydrogen) atoms. The number of nitriles is 2. The van der Waals surface area contributed by atoms with Crippen molar-refractivity contribution in [3.8, 4) is 17.9 Å². The van der Waals surface area contributed by atoms with Crippen LogP contribution in [0.15, 0.2) is 24.3 Å². The lowest BCUT2D eigenvalue weighted by atomic mass is 9.68. The van der Waals surface area contributed by atoms with Gasteiger partial charge in [0.15, 0.2) is 11.4 Å². The maximum absolute atomic E-state index is 13.4. The third-order valence-corrected chi connectivity index (χ3v) is 6.68. The van der Waals surface area contributed by atoms with Crippen molar-refractivity contribution in [3.05, 3.63) is 52.6 Å². The van der Waals surface area contributed by atoms with Gasteiger partial charge in [-0.05, 0) is 42.5 Å². The Morgan fingerprint density at radius 3 is 2.35 bits per heavy atom. The molecule has 0 spiro atoms. The number of aromatic nitrogens is 2. The van der Waals surface area contributed by atoms with E-state index >= 15 is 0 Å². The Bertz CT molecular complexity index is 1180. The fraction of sp³-hybridized carbons (Fsp3) is 0.364. The molecule has 2 unspecified atom stereocenters. The number of hydrazine groups is 1. The summed E-state index contributed by atoms with van der Waals surface area (Å²) in [5.41, 5.74) is 4.63. The van der Waals surface area contributed by atoms with Crippen LogP contribution in [0.4, 0.5) is 0 Å². The molecule has 2 atom stereocenters.